The van der Waals surface area contributed by atoms with Gasteiger partial charge in [-0.25, -0.2) is 44.7 Å². The number of unbranched alkanes of at least 4 members (excludes halogenated alkanes) is 3. The molecule has 2 saturated heterocycles. The quantitative estimate of drug-likeness (QED) is 0.0225. The van der Waals surface area contributed by atoms with Crippen LogP contribution in [0.1, 0.15) is 161 Å². The van der Waals surface area contributed by atoms with Crippen LogP contribution < -0.4 is 25.4 Å². The van der Waals surface area contributed by atoms with Crippen molar-refractivity contribution in [1.29, 1.82) is 0 Å². The monoisotopic (exact) mass is 1900 g/mol. The van der Waals surface area contributed by atoms with Crippen molar-refractivity contribution >= 4 is 116 Å². The van der Waals surface area contributed by atoms with Gasteiger partial charge in [-0.1, -0.05) is 80.7 Å². The molecule has 6 N–H and O–H groups in total. The van der Waals surface area contributed by atoms with Crippen LogP contribution >= 0.6 is 15.9 Å². The number of anilines is 3. The number of hydrogen-bond donors (Lipinski definition) is 4. The molecule has 17 rings (SSSR count). The number of aryl methyl sites for hydroxylation is 4. The SMILES string of the molecule is C.C.C.CCC[CH2][Sn]([CH2]CCC)([CH2]CCC)[c]1cncn1C.Cn1cncc1-c1ccc2cnc(CC(=O)c3ccnc(F)c3)cc2c1.Cn1cncc1-c1ccc2cnc(N)cc2c1.Nc1cc2cc(Br)ccc2cn1.O=C(O)c1ccnc(F)c1.[2H]C1([2H])CCC([2H])([2H])N1.[2H]C1([2H])CCC([2H])([2H])N1c1cc(C(=O)Cc2cc3cc(-c4cncn4C)ccc3cn2)ccn1.[CH3-].[V]. The first-order valence-electron chi connectivity index (χ1n) is 43.2. The van der Waals surface area contributed by atoms with Crippen molar-refractivity contribution in [3.8, 4) is 33.8 Å². The molecular weight excluding hydrogens is 1770 g/mol. The molecule has 11 aromatic heterocycles. The summed E-state index contributed by atoms with van der Waals surface area (Å²) in [5, 5.41) is 18.8. The Labute approximate surface area is 763 Å². The average Bonchev–Trinajstić information content (AvgIpc) is 1.61. The summed E-state index contributed by atoms with van der Waals surface area (Å²) in [6.07, 6.45) is 35.0. The zero-order valence-electron chi connectivity index (χ0n) is 77.0. The number of Topliss-reactive ketones (excluding diaryl/α,β-unsaturated/α-hetero) is 2. The van der Waals surface area contributed by atoms with E-state index in [1.807, 2.05) is 138 Å². The van der Waals surface area contributed by atoms with Gasteiger partial charge >= 0.3 is 130 Å². The molecule has 124 heavy (non-hydrogen) atoms. The Kier molecular flexibility index (Phi) is 36.2. The second-order valence-corrected chi connectivity index (χ2v) is 42.6. The van der Waals surface area contributed by atoms with E-state index in [-0.39, 0.29) is 110 Å². The van der Waals surface area contributed by atoms with Crippen molar-refractivity contribution in [2.24, 2.45) is 28.2 Å². The molecule has 0 bridgehead atoms. The summed E-state index contributed by atoms with van der Waals surface area (Å²) in [4.78, 5) is 81.2. The number of aromatic nitrogens is 15. The maximum atomic E-state index is 13.2. The number of carboxylic acids is 1. The number of pyridine rings is 7. The molecule has 2 aliphatic rings. The first kappa shape index (κ1) is 89.0. The van der Waals surface area contributed by atoms with Crippen molar-refractivity contribution in [1.82, 2.24) is 78.4 Å². The van der Waals surface area contributed by atoms with Crippen LogP contribution in [0.4, 0.5) is 26.2 Å². The number of halogens is 3. The number of nitrogens with two attached hydrogens (primary N) is 2. The second-order valence-electron chi connectivity index (χ2n) is 28.7. The number of aromatic carboxylic acids is 1. The fourth-order valence-electron chi connectivity index (χ4n) is 13.6. The standard InChI is InChI=1S/C24H23N5O.C20H15FN4O.C13H12N4.C9H7BrN2.C6H4FNO2.C4H5N2.C4H9N.3C4H9.3CH4.CH3.Sn.V/c1-28-16-25-15-22(28)17-4-5-19-14-27-21(11-20(19)10-17)13-23(30)18-6-7-26-24(12-18)29-8-2-3-9-29;1-25-12-22-11-18(25)13-2-3-15-10-24-17(7-16(15)6-13)9-19(26)14-4-5-23-20(21)8-14;1-17-8-15-7-12(17)9-2-3-10-6-16-13(14)5-11(10)4-9;10-8-2-1-6-5-12-9(11)4-7(6)3-8;7-5-3-4(6(9)10)1-2-8-5;1-6-3-2-5-4-6;1-2-4-5-3-1;3*1-3-4-2;;;;;;/h4-7,10-12,14-16H,2-3,8-9,13H2,1H3;2-8,10-12H,9H2,1H3;2-8H,1H3,(H2,14,16);1-5H,(H2,11,12);1-3H,(H,9,10);2,4H,1H3;5H,1-4H2;3*1,3-4H2,2H3;3*1H4;1H3;;/q;;;;;;;;;;;;;-1;;/i8D2,9D2;;;;;;3D2,4D2;;;;;;;;;. The molecule has 0 unspecified atom stereocenters. The Balaban J connectivity index is 0.000000246. The van der Waals surface area contributed by atoms with E-state index in [2.05, 4.69) is 127 Å². The Morgan fingerprint density at radius 3 is 1.22 bits per heavy atom. The van der Waals surface area contributed by atoms with Crippen LogP contribution in [-0.2, 0) is 59.6 Å². The molecule has 15 aromatic rings. The van der Waals surface area contributed by atoms with E-state index in [9.17, 15) is 23.2 Å². The van der Waals surface area contributed by atoms with Crippen LogP contribution in [0.25, 0.3) is 76.9 Å². The molecular formula is C96H117BrF2N19O4SnV-. The van der Waals surface area contributed by atoms with E-state index in [1.165, 1.54) is 82.4 Å². The van der Waals surface area contributed by atoms with Gasteiger partial charge in [0.25, 0.3) is 0 Å². The number of rotatable bonds is 21. The minimum atomic E-state index is -2.19. The van der Waals surface area contributed by atoms with Crippen LogP contribution in [0.3, 0.4) is 0 Å². The summed E-state index contributed by atoms with van der Waals surface area (Å²) in [7, 11) is 8.06. The number of nitrogen functional groups attached to an aromatic ring is 2. The van der Waals surface area contributed by atoms with Crippen LogP contribution in [-0.4, -0.2) is 140 Å². The number of nitrogens with zero attached hydrogens (tertiary/aromatic N) is 16. The summed E-state index contributed by atoms with van der Waals surface area (Å²) >= 11 is 1.20. The van der Waals surface area contributed by atoms with Gasteiger partial charge < -0.3 is 47.9 Å². The molecule has 2 aliphatic heterocycles. The van der Waals surface area contributed by atoms with Gasteiger partial charge in [-0.2, -0.15) is 8.78 Å². The largest absolute Gasteiger partial charge is 0.478 e. The van der Waals surface area contributed by atoms with Crippen molar-refractivity contribution in [2.45, 2.75) is 133 Å². The molecule has 2 fully saturated rings. The molecule has 0 atom stereocenters. The minimum absolute atomic E-state index is 0. The summed E-state index contributed by atoms with van der Waals surface area (Å²) in [5.74, 6) is -1.77. The molecule has 0 saturated carbocycles. The number of fused-ring (bicyclic) bond motifs is 4. The smallest absolute Gasteiger partial charge is 0.335 e. The average molecular weight is 1900 g/mol. The number of imidazole rings is 4. The molecule has 0 spiro atoms. The van der Waals surface area contributed by atoms with Gasteiger partial charge in [0, 0.05) is 184 Å². The maximum absolute atomic E-state index is 13.2. The van der Waals surface area contributed by atoms with E-state index < -0.39 is 62.2 Å². The van der Waals surface area contributed by atoms with E-state index >= 15 is 0 Å². The Bertz CT molecular complexity index is 6240. The zero-order valence-corrected chi connectivity index (χ0v) is 74.9. The van der Waals surface area contributed by atoms with Crippen LogP contribution in [0.5, 0.6) is 0 Å². The third-order valence-corrected chi connectivity index (χ3v) is 36.1. The summed E-state index contributed by atoms with van der Waals surface area (Å²) in [6.45, 7) is 0.263. The van der Waals surface area contributed by atoms with Crippen molar-refractivity contribution in [3.63, 3.8) is 0 Å². The maximum Gasteiger partial charge on any atom is 0.335 e. The molecule has 651 valence electrons. The van der Waals surface area contributed by atoms with Crippen molar-refractivity contribution < 1.29 is 57.8 Å². The van der Waals surface area contributed by atoms with Gasteiger partial charge in [-0.15, -0.1) is 0 Å². The number of carbonyl (C=O) groups is 3. The van der Waals surface area contributed by atoms with E-state index in [1.54, 1.807) is 59.7 Å². The number of ketones is 2. The van der Waals surface area contributed by atoms with Crippen molar-refractivity contribution in [2.75, 3.05) is 42.4 Å². The predicted octanol–water partition coefficient (Wildman–Crippen LogP) is 20.6. The number of carboxylic acid groups (broad SMARTS) is 1. The molecule has 28 heteroatoms. The number of benzene rings is 4. The van der Waals surface area contributed by atoms with E-state index in [0.29, 0.717) is 34.2 Å². The van der Waals surface area contributed by atoms with E-state index in [0.717, 1.165) is 105 Å². The minimum Gasteiger partial charge on any atom is -0.478 e. The van der Waals surface area contributed by atoms with Gasteiger partial charge in [0.1, 0.15) is 17.5 Å². The topological polar surface area (TPSA) is 300 Å². The van der Waals surface area contributed by atoms with Gasteiger partial charge in [0.05, 0.1) is 73.1 Å². The summed E-state index contributed by atoms with van der Waals surface area (Å²) in [5.41, 5.74) is 19.3. The predicted molar refractivity (Wildman–Crippen MR) is 504 cm³/mol. The summed E-state index contributed by atoms with van der Waals surface area (Å²) in [6, 6.07) is 39.6. The van der Waals surface area contributed by atoms with Gasteiger partial charge in [-0.3, -0.25) is 19.6 Å². The van der Waals surface area contributed by atoms with Crippen molar-refractivity contribution in [3.05, 3.63) is 279 Å². The molecule has 0 amide bonds. The molecule has 0 aliphatic carbocycles. The number of carbonyl (C=O) groups excluding carboxylic acids is 2. The van der Waals surface area contributed by atoms with E-state index in [4.69, 9.17) is 27.5 Å². The zero-order chi connectivity index (χ0) is 91.4. The second kappa shape index (κ2) is 50.5. The molecule has 13 heterocycles. The Morgan fingerprint density at radius 1 is 0.460 bits per heavy atom. The van der Waals surface area contributed by atoms with Crippen LogP contribution in [0.2, 0.25) is 13.3 Å². The number of nitrogens with one attached hydrogen (secondary N) is 1. The first-order chi connectivity index (χ1) is 60.5. The van der Waals surface area contributed by atoms with Gasteiger partial charge in [0.15, 0.2) is 11.6 Å². The number of hydrogen-bond acceptors (Lipinski definition) is 18. The third kappa shape index (κ3) is 28.6. The summed E-state index contributed by atoms with van der Waals surface area (Å²) < 4.78 is 102. The first-order valence-corrected chi connectivity index (χ1v) is 47.5. The fraction of sp³-hybridized carbons (Fsp3) is 0.302. The fourth-order valence-corrected chi connectivity index (χ4v) is 30.5. The molecule has 4 aromatic carbocycles. The molecule has 1 radical (unpaired) electrons. The molecule has 23 nitrogen and oxygen atoms in total. The Hall–Kier alpha value is -11.3. The normalized spacial score (nSPS) is 14.3. The van der Waals surface area contributed by atoms with Gasteiger partial charge in [-0.05, 0) is 139 Å². The van der Waals surface area contributed by atoms with Gasteiger partial charge in [0.2, 0.25) is 11.9 Å². The third-order valence-electron chi connectivity index (χ3n) is 19.9. The van der Waals surface area contributed by atoms with Crippen LogP contribution in [0, 0.1) is 19.3 Å². The Morgan fingerprint density at radius 2 is 0.839 bits per heavy atom. The van der Waals surface area contributed by atoms with Crippen LogP contribution in [0.15, 0.2) is 231 Å².